The molecular formula is C14H13N5. The van der Waals surface area contributed by atoms with Gasteiger partial charge in [0, 0.05) is 29.8 Å². The van der Waals surface area contributed by atoms with Crippen molar-refractivity contribution in [2.45, 2.75) is 6.92 Å². The van der Waals surface area contributed by atoms with Crippen LogP contribution in [0.4, 0.5) is 5.69 Å². The van der Waals surface area contributed by atoms with Crippen LogP contribution in [0.2, 0.25) is 0 Å². The Labute approximate surface area is 110 Å². The SMILES string of the molecule is Cc1nccc(-n2ccnc2-c2cccc(N)c2)n1. The molecule has 0 aliphatic heterocycles. The maximum atomic E-state index is 5.81. The van der Waals surface area contributed by atoms with Crippen molar-refractivity contribution in [3.05, 3.63) is 54.7 Å². The van der Waals surface area contributed by atoms with Crippen LogP contribution in [0.5, 0.6) is 0 Å². The van der Waals surface area contributed by atoms with Gasteiger partial charge in [0.15, 0.2) is 0 Å². The van der Waals surface area contributed by atoms with Gasteiger partial charge in [0.25, 0.3) is 0 Å². The predicted octanol–water partition coefficient (Wildman–Crippen LogP) is 2.22. The summed E-state index contributed by atoms with van der Waals surface area (Å²) in [6, 6.07) is 9.49. The standard InChI is InChI=1S/C14H13N5/c1-10-16-6-5-13(18-10)19-8-7-17-14(19)11-3-2-4-12(15)9-11/h2-9H,15H2,1H3. The molecule has 0 unspecified atom stereocenters. The van der Waals surface area contributed by atoms with E-state index >= 15 is 0 Å². The zero-order valence-corrected chi connectivity index (χ0v) is 10.5. The zero-order chi connectivity index (χ0) is 13.2. The van der Waals surface area contributed by atoms with Gasteiger partial charge in [-0.25, -0.2) is 15.0 Å². The Morgan fingerprint density at radius 2 is 2.00 bits per heavy atom. The fourth-order valence-corrected chi connectivity index (χ4v) is 1.96. The van der Waals surface area contributed by atoms with Crippen molar-refractivity contribution in [2.24, 2.45) is 0 Å². The van der Waals surface area contributed by atoms with Gasteiger partial charge < -0.3 is 5.73 Å². The summed E-state index contributed by atoms with van der Waals surface area (Å²) in [6.07, 6.45) is 5.36. The highest BCUT2D eigenvalue weighted by Crippen LogP contribution is 2.22. The fraction of sp³-hybridized carbons (Fsp3) is 0.0714. The zero-order valence-electron chi connectivity index (χ0n) is 10.5. The number of aryl methyl sites for hydroxylation is 1. The Kier molecular flexibility index (Phi) is 2.72. The van der Waals surface area contributed by atoms with Crippen molar-refractivity contribution in [3.8, 4) is 17.2 Å². The maximum Gasteiger partial charge on any atom is 0.145 e. The number of nitrogens with zero attached hydrogens (tertiary/aromatic N) is 4. The molecule has 0 amide bonds. The summed E-state index contributed by atoms with van der Waals surface area (Å²) in [5, 5.41) is 0. The van der Waals surface area contributed by atoms with Gasteiger partial charge in [0.1, 0.15) is 17.5 Å². The molecule has 94 valence electrons. The average Bonchev–Trinajstić information content (AvgIpc) is 2.88. The fourth-order valence-electron chi connectivity index (χ4n) is 1.96. The minimum atomic E-state index is 0.714. The molecule has 3 rings (SSSR count). The van der Waals surface area contributed by atoms with E-state index in [2.05, 4.69) is 15.0 Å². The summed E-state index contributed by atoms with van der Waals surface area (Å²) in [4.78, 5) is 12.9. The lowest BCUT2D eigenvalue weighted by Gasteiger charge is -2.07. The summed E-state index contributed by atoms with van der Waals surface area (Å²) < 4.78 is 1.92. The Hall–Kier alpha value is -2.69. The average molecular weight is 251 g/mol. The van der Waals surface area contributed by atoms with Crippen molar-refractivity contribution in [3.63, 3.8) is 0 Å². The summed E-state index contributed by atoms with van der Waals surface area (Å²) in [5.74, 6) is 2.33. The van der Waals surface area contributed by atoms with Crippen LogP contribution in [-0.2, 0) is 0 Å². The number of rotatable bonds is 2. The smallest absolute Gasteiger partial charge is 0.145 e. The lowest BCUT2D eigenvalue weighted by atomic mass is 10.2. The largest absolute Gasteiger partial charge is 0.399 e. The van der Waals surface area contributed by atoms with Crippen LogP contribution in [-0.4, -0.2) is 19.5 Å². The van der Waals surface area contributed by atoms with Crippen LogP contribution in [0.25, 0.3) is 17.2 Å². The van der Waals surface area contributed by atoms with Gasteiger partial charge in [0.05, 0.1) is 0 Å². The van der Waals surface area contributed by atoms with Crippen LogP contribution in [0.3, 0.4) is 0 Å². The summed E-state index contributed by atoms with van der Waals surface area (Å²) in [6.45, 7) is 1.86. The quantitative estimate of drug-likeness (QED) is 0.709. The van der Waals surface area contributed by atoms with Gasteiger partial charge in [-0.3, -0.25) is 4.57 Å². The maximum absolute atomic E-state index is 5.81. The van der Waals surface area contributed by atoms with E-state index in [9.17, 15) is 0 Å². The predicted molar refractivity (Wildman–Crippen MR) is 73.7 cm³/mol. The second kappa shape index (κ2) is 4.53. The number of nitrogens with two attached hydrogens (primary N) is 1. The van der Waals surface area contributed by atoms with Gasteiger partial charge in [-0.2, -0.15) is 0 Å². The van der Waals surface area contributed by atoms with Crippen LogP contribution < -0.4 is 5.73 Å². The van der Waals surface area contributed by atoms with Crippen molar-refractivity contribution in [1.82, 2.24) is 19.5 Å². The molecule has 1 aromatic carbocycles. The van der Waals surface area contributed by atoms with E-state index in [1.54, 1.807) is 12.4 Å². The number of aromatic nitrogens is 4. The molecule has 2 aromatic heterocycles. The van der Waals surface area contributed by atoms with Gasteiger partial charge in [-0.05, 0) is 25.1 Å². The molecular weight excluding hydrogens is 238 g/mol. The molecule has 0 radical (unpaired) electrons. The minimum absolute atomic E-state index is 0.714. The molecule has 0 bridgehead atoms. The van der Waals surface area contributed by atoms with Gasteiger partial charge >= 0.3 is 0 Å². The summed E-state index contributed by atoms with van der Waals surface area (Å²) in [7, 11) is 0. The molecule has 2 heterocycles. The molecule has 5 heteroatoms. The molecule has 0 saturated carbocycles. The van der Waals surface area contributed by atoms with E-state index in [0.29, 0.717) is 5.69 Å². The minimum Gasteiger partial charge on any atom is -0.399 e. The molecule has 0 fully saturated rings. The number of hydrogen-bond acceptors (Lipinski definition) is 4. The first-order valence-electron chi connectivity index (χ1n) is 5.93. The highest BCUT2D eigenvalue weighted by Gasteiger charge is 2.08. The number of benzene rings is 1. The van der Waals surface area contributed by atoms with Crippen molar-refractivity contribution in [1.29, 1.82) is 0 Å². The third-order valence-electron chi connectivity index (χ3n) is 2.79. The molecule has 0 saturated heterocycles. The molecule has 0 atom stereocenters. The summed E-state index contributed by atoms with van der Waals surface area (Å²) in [5.41, 5.74) is 7.49. The van der Waals surface area contributed by atoms with Gasteiger partial charge in [-0.1, -0.05) is 12.1 Å². The first kappa shape index (κ1) is 11.4. The number of anilines is 1. The highest BCUT2D eigenvalue weighted by molar-refractivity contribution is 5.62. The summed E-state index contributed by atoms with van der Waals surface area (Å²) >= 11 is 0. The van der Waals surface area contributed by atoms with Crippen LogP contribution in [0, 0.1) is 6.92 Å². The third-order valence-corrected chi connectivity index (χ3v) is 2.79. The molecule has 0 aliphatic rings. The normalized spacial score (nSPS) is 10.6. The topological polar surface area (TPSA) is 69.6 Å². The van der Waals surface area contributed by atoms with Crippen molar-refractivity contribution < 1.29 is 0 Å². The molecule has 2 N–H and O–H groups in total. The highest BCUT2D eigenvalue weighted by atomic mass is 15.1. The number of hydrogen-bond donors (Lipinski definition) is 1. The number of imidazole rings is 1. The molecule has 0 spiro atoms. The van der Waals surface area contributed by atoms with Crippen molar-refractivity contribution >= 4 is 5.69 Å². The Morgan fingerprint density at radius 3 is 2.79 bits per heavy atom. The van der Waals surface area contributed by atoms with Crippen LogP contribution in [0.1, 0.15) is 5.82 Å². The van der Waals surface area contributed by atoms with E-state index in [1.807, 2.05) is 48.0 Å². The lowest BCUT2D eigenvalue weighted by Crippen LogP contribution is -2.01. The van der Waals surface area contributed by atoms with Crippen molar-refractivity contribution in [2.75, 3.05) is 5.73 Å². The van der Waals surface area contributed by atoms with Gasteiger partial charge in [0.2, 0.25) is 0 Å². The molecule has 5 nitrogen and oxygen atoms in total. The van der Waals surface area contributed by atoms with E-state index in [-0.39, 0.29) is 0 Å². The first-order valence-corrected chi connectivity index (χ1v) is 5.93. The third kappa shape index (κ3) is 2.18. The second-order valence-corrected chi connectivity index (χ2v) is 4.21. The monoisotopic (exact) mass is 251 g/mol. The molecule has 3 aromatic rings. The Bertz CT molecular complexity index is 657. The second-order valence-electron chi connectivity index (χ2n) is 4.21. The Morgan fingerprint density at radius 1 is 1.11 bits per heavy atom. The van der Waals surface area contributed by atoms with E-state index in [4.69, 9.17) is 5.73 Å². The van der Waals surface area contributed by atoms with E-state index in [0.717, 1.165) is 23.0 Å². The van der Waals surface area contributed by atoms with E-state index < -0.39 is 0 Å². The van der Waals surface area contributed by atoms with Crippen LogP contribution >= 0.6 is 0 Å². The van der Waals surface area contributed by atoms with E-state index in [1.165, 1.54) is 0 Å². The first-order chi connectivity index (χ1) is 9.24. The van der Waals surface area contributed by atoms with Gasteiger partial charge in [-0.15, -0.1) is 0 Å². The Balaban J connectivity index is 2.13. The molecule has 0 aliphatic carbocycles. The number of nitrogen functional groups attached to an aromatic ring is 1. The molecule has 19 heavy (non-hydrogen) atoms. The lowest BCUT2D eigenvalue weighted by molar-refractivity contribution is 0.943. The van der Waals surface area contributed by atoms with Crippen LogP contribution in [0.15, 0.2) is 48.9 Å².